The van der Waals surface area contributed by atoms with Crippen molar-refractivity contribution in [3.63, 3.8) is 0 Å². The molecular weight excluding hydrogens is 558 g/mol. The Hall–Kier alpha value is -4.66. The van der Waals surface area contributed by atoms with Gasteiger partial charge in [0.15, 0.2) is 11.5 Å². The summed E-state index contributed by atoms with van der Waals surface area (Å²) in [4.78, 5) is 33.8. The minimum atomic E-state index is -0.992. The number of H-pyrrole nitrogens is 1. The molecule has 0 radical (unpaired) electrons. The van der Waals surface area contributed by atoms with E-state index in [0.29, 0.717) is 28.6 Å². The maximum Gasteiger partial charge on any atom is 0.247 e. The number of methoxy groups -OCH3 is 4. The summed E-state index contributed by atoms with van der Waals surface area (Å²) in [5.74, 6) is 1.38. The molecule has 9 nitrogen and oxygen atoms in total. The summed E-state index contributed by atoms with van der Waals surface area (Å²) >= 11 is 0. The fourth-order valence-electron chi connectivity index (χ4n) is 6.14. The number of carbonyl (C=O) groups excluding carboxylic acids is 2. The van der Waals surface area contributed by atoms with E-state index < -0.39 is 6.04 Å². The third-order valence-corrected chi connectivity index (χ3v) is 8.38. The standard InChI is InChI=1S/C35H41N3O6/c1-41-29-17-11-8-12-23(29)22-38(32(39)20-25-21-36-28-16-10-9-15-27(25)28)33(35(40)37-26-13-6-5-7-14-26)24-18-30(42-2)34(44-4)31(19-24)43-3/h8-12,15-19,21,26,33,36H,5-7,13-14,20,22H2,1-4H3,(H,37,40). The van der Waals surface area contributed by atoms with E-state index in [2.05, 4.69) is 10.3 Å². The zero-order chi connectivity index (χ0) is 31.1. The van der Waals surface area contributed by atoms with E-state index in [9.17, 15) is 9.59 Å². The van der Waals surface area contributed by atoms with Crippen LogP contribution in [0.3, 0.4) is 0 Å². The fraction of sp³-hybridized carbons (Fsp3) is 0.371. The topological polar surface area (TPSA) is 102 Å². The number of aromatic amines is 1. The number of nitrogens with one attached hydrogen (secondary N) is 2. The highest BCUT2D eigenvalue weighted by molar-refractivity contribution is 5.93. The Bertz CT molecular complexity index is 1570. The van der Waals surface area contributed by atoms with Crippen molar-refractivity contribution in [3.05, 3.63) is 83.6 Å². The zero-order valence-electron chi connectivity index (χ0n) is 25.9. The highest BCUT2D eigenvalue weighted by Crippen LogP contribution is 2.41. The summed E-state index contributed by atoms with van der Waals surface area (Å²) in [5.41, 5.74) is 3.13. The highest BCUT2D eigenvalue weighted by Gasteiger charge is 2.35. The summed E-state index contributed by atoms with van der Waals surface area (Å²) in [7, 11) is 6.20. The van der Waals surface area contributed by atoms with Gasteiger partial charge < -0.3 is 34.1 Å². The van der Waals surface area contributed by atoms with Gasteiger partial charge in [-0.3, -0.25) is 9.59 Å². The first-order valence-electron chi connectivity index (χ1n) is 15.0. The van der Waals surface area contributed by atoms with Crippen molar-refractivity contribution in [2.24, 2.45) is 0 Å². The van der Waals surface area contributed by atoms with Gasteiger partial charge >= 0.3 is 0 Å². The molecule has 2 amide bonds. The van der Waals surface area contributed by atoms with Crippen LogP contribution in [0.1, 0.15) is 54.8 Å². The van der Waals surface area contributed by atoms with E-state index >= 15 is 0 Å². The molecular formula is C35H41N3O6. The second-order valence-electron chi connectivity index (χ2n) is 11.1. The van der Waals surface area contributed by atoms with Gasteiger partial charge in [0, 0.05) is 28.7 Å². The number of nitrogens with zero attached hydrogens (tertiary/aromatic N) is 1. The van der Waals surface area contributed by atoms with Crippen LogP contribution in [-0.2, 0) is 22.6 Å². The largest absolute Gasteiger partial charge is 0.496 e. The molecule has 5 rings (SSSR count). The lowest BCUT2D eigenvalue weighted by Gasteiger charge is -2.34. The molecule has 1 aromatic heterocycles. The van der Waals surface area contributed by atoms with Gasteiger partial charge in [-0.2, -0.15) is 0 Å². The van der Waals surface area contributed by atoms with Crippen molar-refractivity contribution in [2.45, 2.75) is 57.2 Å². The van der Waals surface area contributed by atoms with E-state index in [1.165, 1.54) is 21.3 Å². The average Bonchev–Trinajstić information content (AvgIpc) is 3.46. The molecule has 0 bridgehead atoms. The number of benzene rings is 3. The maximum atomic E-state index is 14.5. The summed E-state index contributed by atoms with van der Waals surface area (Å²) in [6.07, 6.45) is 7.05. The van der Waals surface area contributed by atoms with Gasteiger partial charge in [0.25, 0.3) is 0 Å². The van der Waals surface area contributed by atoms with Crippen LogP contribution in [-0.4, -0.2) is 56.2 Å². The summed E-state index contributed by atoms with van der Waals surface area (Å²) in [6, 6.07) is 18.0. The predicted molar refractivity (Wildman–Crippen MR) is 169 cm³/mol. The van der Waals surface area contributed by atoms with Gasteiger partial charge in [-0.05, 0) is 48.2 Å². The number of hydrogen-bond donors (Lipinski definition) is 2. The van der Waals surface area contributed by atoms with Gasteiger partial charge in [-0.25, -0.2) is 0 Å². The Morgan fingerprint density at radius 1 is 0.841 bits per heavy atom. The normalized spacial score (nSPS) is 14.1. The Labute approximate surface area is 258 Å². The molecule has 9 heteroatoms. The van der Waals surface area contributed by atoms with E-state index in [1.807, 2.05) is 54.7 Å². The molecule has 3 aromatic carbocycles. The Morgan fingerprint density at radius 2 is 1.50 bits per heavy atom. The Morgan fingerprint density at radius 3 is 2.18 bits per heavy atom. The van der Waals surface area contributed by atoms with Crippen LogP contribution in [0.15, 0.2) is 66.9 Å². The van der Waals surface area contributed by atoms with Crippen LogP contribution >= 0.6 is 0 Å². The van der Waals surface area contributed by atoms with Crippen LogP contribution < -0.4 is 24.3 Å². The number of ether oxygens (including phenoxy) is 4. The molecule has 232 valence electrons. The molecule has 1 atom stereocenters. The first kappa shape index (κ1) is 30.8. The van der Waals surface area contributed by atoms with Crippen LogP contribution in [0.4, 0.5) is 0 Å². The lowest BCUT2D eigenvalue weighted by Crippen LogP contribution is -2.47. The molecule has 0 aliphatic heterocycles. The first-order chi connectivity index (χ1) is 21.5. The quantitative estimate of drug-likeness (QED) is 0.208. The zero-order valence-corrected chi connectivity index (χ0v) is 25.9. The molecule has 1 aliphatic carbocycles. The number of amides is 2. The van der Waals surface area contributed by atoms with Crippen molar-refractivity contribution >= 4 is 22.7 Å². The fourth-order valence-corrected chi connectivity index (χ4v) is 6.14. The number of hydrogen-bond acceptors (Lipinski definition) is 6. The summed E-state index contributed by atoms with van der Waals surface area (Å²) in [6.45, 7) is 0.143. The third-order valence-electron chi connectivity index (χ3n) is 8.38. The van der Waals surface area contributed by atoms with E-state index in [-0.39, 0.29) is 30.8 Å². The van der Waals surface area contributed by atoms with Gasteiger partial charge in [0.2, 0.25) is 17.6 Å². The molecule has 44 heavy (non-hydrogen) atoms. The molecule has 0 spiro atoms. The van der Waals surface area contributed by atoms with E-state index in [0.717, 1.165) is 54.1 Å². The van der Waals surface area contributed by atoms with Crippen LogP contribution in [0.2, 0.25) is 0 Å². The molecule has 1 fully saturated rings. The third kappa shape index (κ3) is 6.61. The maximum absolute atomic E-state index is 14.5. The Balaban J connectivity index is 1.63. The molecule has 4 aromatic rings. The monoisotopic (exact) mass is 599 g/mol. The van der Waals surface area contributed by atoms with Crippen molar-refractivity contribution in [1.29, 1.82) is 0 Å². The molecule has 1 aliphatic rings. The van der Waals surface area contributed by atoms with E-state index in [1.54, 1.807) is 24.1 Å². The number of rotatable bonds is 12. The van der Waals surface area contributed by atoms with Crippen molar-refractivity contribution in [1.82, 2.24) is 15.2 Å². The summed E-state index contributed by atoms with van der Waals surface area (Å²) in [5, 5.41) is 4.24. The van der Waals surface area contributed by atoms with Crippen molar-refractivity contribution < 1.29 is 28.5 Å². The number of para-hydroxylation sites is 2. The number of fused-ring (bicyclic) bond motifs is 1. The first-order valence-corrected chi connectivity index (χ1v) is 15.0. The Kier molecular flexibility index (Phi) is 9.94. The van der Waals surface area contributed by atoms with Crippen molar-refractivity contribution in [3.8, 4) is 23.0 Å². The second-order valence-corrected chi connectivity index (χ2v) is 11.1. The van der Waals surface area contributed by atoms with Gasteiger partial charge in [-0.1, -0.05) is 55.7 Å². The molecule has 2 N–H and O–H groups in total. The minimum Gasteiger partial charge on any atom is -0.496 e. The minimum absolute atomic E-state index is 0.0395. The highest BCUT2D eigenvalue weighted by atomic mass is 16.5. The van der Waals surface area contributed by atoms with Gasteiger partial charge in [-0.15, -0.1) is 0 Å². The summed E-state index contributed by atoms with van der Waals surface area (Å²) < 4.78 is 22.6. The predicted octanol–water partition coefficient (Wildman–Crippen LogP) is 5.96. The average molecular weight is 600 g/mol. The SMILES string of the molecule is COc1ccccc1CN(C(=O)Cc1c[nH]c2ccccc12)C(C(=O)NC1CCCCC1)c1cc(OC)c(OC)c(OC)c1. The van der Waals surface area contributed by atoms with Crippen LogP contribution in [0.25, 0.3) is 10.9 Å². The lowest BCUT2D eigenvalue weighted by atomic mass is 9.94. The molecule has 1 saturated carbocycles. The van der Waals surface area contributed by atoms with Crippen LogP contribution in [0.5, 0.6) is 23.0 Å². The van der Waals surface area contributed by atoms with Crippen molar-refractivity contribution in [2.75, 3.05) is 28.4 Å². The molecule has 0 saturated heterocycles. The molecule has 1 heterocycles. The van der Waals surface area contributed by atoms with Gasteiger partial charge in [0.05, 0.1) is 41.4 Å². The second kappa shape index (κ2) is 14.2. The van der Waals surface area contributed by atoms with E-state index in [4.69, 9.17) is 18.9 Å². The lowest BCUT2D eigenvalue weighted by molar-refractivity contribution is -0.141. The molecule has 1 unspecified atom stereocenters. The van der Waals surface area contributed by atoms with Gasteiger partial charge in [0.1, 0.15) is 11.8 Å². The number of aromatic nitrogens is 1. The number of carbonyl (C=O) groups is 2. The van der Waals surface area contributed by atoms with Crippen LogP contribution in [0, 0.1) is 0 Å². The smallest absolute Gasteiger partial charge is 0.247 e.